The zero-order chi connectivity index (χ0) is 8.81. The second kappa shape index (κ2) is 5.86. The van der Waals surface area contributed by atoms with E-state index in [1.165, 1.54) is 18.6 Å². The normalized spacial score (nSPS) is 22.6. The first-order chi connectivity index (χ1) is 5.83. The molecule has 0 radical (unpaired) electrons. The molecule has 0 aromatic carbocycles. The highest BCUT2D eigenvalue weighted by atomic mass is 79.9. The minimum atomic E-state index is 0.166. The Kier molecular flexibility index (Phi) is 5.07. The molecule has 12 heavy (non-hydrogen) atoms. The molecule has 0 aliphatic carbocycles. The van der Waals surface area contributed by atoms with Crippen LogP contribution in [0.2, 0.25) is 0 Å². The molecule has 0 aromatic rings. The van der Waals surface area contributed by atoms with Crippen LogP contribution in [0.4, 0.5) is 0 Å². The Labute approximate surface area is 86.0 Å². The van der Waals surface area contributed by atoms with Crippen LogP contribution in [0, 0.1) is 0 Å². The zero-order valence-corrected chi connectivity index (χ0v) is 9.42. The van der Waals surface area contributed by atoms with Crippen molar-refractivity contribution >= 4 is 33.6 Å². The third-order valence-electron chi connectivity index (χ3n) is 1.87. The van der Waals surface area contributed by atoms with Crippen LogP contribution in [0.1, 0.15) is 19.3 Å². The van der Waals surface area contributed by atoms with Gasteiger partial charge in [0.2, 0.25) is 5.91 Å². The van der Waals surface area contributed by atoms with Crippen LogP contribution >= 0.6 is 27.7 Å². The van der Waals surface area contributed by atoms with Gasteiger partial charge in [-0.05, 0) is 18.6 Å². The lowest BCUT2D eigenvalue weighted by atomic mass is 10.2. The monoisotopic (exact) mass is 251 g/mol. The number of carbonyl (C=O) groups is 1. The number of thioether (sulfide) groups is 1. The summed E-state index contributed by atoms with van der Waals surface area (Å²) in [6.45, 7) is 0.858. The molecule has 1 N–H and O–H groups in total. The summed E-state index contributed by atoms with van der Waals surface area (Å²) >= 11 is 5.21. The molecule has 1 heterocycles. The third-order valence-corrected chi connectivity index (χ3v) is 3.67. The van der Waals surface area contributed by atoms with Crippen LogP contribution in [-0.2, 0) is 4.79 Å². The van der Waals surface area contributed by atoms with Gasteiger partial charge in [0.15, 0.2) is 0 Å². The molecule has 1 atom stereocenters. The lowest BCUT2D eigenvalue weighted by molar-refractivity contribution is -0.120. The molecule has 1 fully saturated rings. The van der Waals surface area contributed by atoms with Gasteiger partial charge in [0.05, 0.1) is 0 Å². The summed E-state index contributed by atoms with van der Waals surface area (Å²) < 4.78 is 0. The Bertz CT molecular complexity index is 148. The maximum absolute atomic E-state index is 11.0. The minimum absolute atomic E-state index is 0.166. The Morgan fingerprint density at radius 3 is 3.08 bits per heavy atom. The molecule has 1 aliphatic heterocycles. The van der Waals surface area contributed by atoms with Gasteiger partial charge < -0.3 is 5.32 Å². The predicted octanol–water partition coefficient (Wildman–Crippen LogP) is 1.78. The summed E-state index contributed by atoms with van der Waals surface area (Å²) in [6, 6.07) is 0. The largest absolute Gasteiger partial charge is 0.355 e. The van der Waals surface area contributed by atoms with Crippen LogP contribution in [0.25, 0.3) is 0 Å². The lowest BCUT2D eigenvalue weighted by Crippen LogP contribution is -2.29. The van der Waals surface area contributed by atoms with E-state index in [1.807, 2.05) is 11.8 Å². The maximum atomic E-state index is 11.0. The summed E-state index contributed by atoms with van der Waals surface area (Å²) in [4.78, 5) is 11.0. The first-order valence-corrected chi connectivity index (χ1v) is 6.44. The average molecular weight is 252 g/mol. The highest BCUT2D eigenvalue weighted by Gasteiger charge is 2.15. The molecule has 70 valence electrons. The highest BCUT2D eigenvalue weighted by molar-refractivity contribution is 9.09. The molecule has 1 rings (SSSR count). The molecular weight excluding hydrogens is 238 g/mol. The first kappa shape index (κ1) is 10.4. The molecule has 4 heteroatoms. The first-order valence-electron chi connectivity index (χ1n) is 4.27. The van der Waals surface area contributed by atoms with Gasteiger partial charge in [-0.15, -0.1) is 0 Å². The number of hydrogen-bond acceptors (Lipinski definition) is 2. The van der Waals surface area contributed by atoms with Gasteiger partial charge in [0.25, 0.3) is 0 Å². The van der Waals surface area contributed by atoms with Crippen molar-refractivity contribution in [3.8, 4) is 0 Å². The summed E-state index contributed by atoms with van der Waals surface area (Å²) in [5.74, 6) is 1.43. The molecule has 1 aliphatic rings. The van der Waals surface area contributed by atoms with Gasteiger partial charge in [-0.25, -0.2) is 0 Å². The Hall–Kier alpha value is 0.300. The van der Waals surface area contributed by atoms with Crippen molar-refractivity contribution in [3.05, 3.63) is 0 Å². The van der Waals surface area contributed by atoms with Gasteiger partial charge in [-0.1, -0.05) is 15.9 Å². The molecule has 1 amide bonds. The molecule has 1 unspecified atom stereocenters. The minimum Gasteiger partial charge on any atom is -0.355 e. The Morgan fingerprint density at radius 1 is 1.67 bits per heavy atom. The fraction of sp³-hybridized carbons (Fsp3) is 0.875. The molecule has 0 bridgehead atoms. The van der Waals surface area contributed by atoms with E-state index in [-0.39, 0.29) is 5.91 Å². The van der Waals surface area contributed by atoms with E-state index < -0.39 is 0 Å². The predicted molar refractivity (Wildman–Crippen MR) is 56.9 cm³/mol. The Morgan fingerprint density at radius 2 is 2.50 bits per heavy atom. The van der Waals surface area contributed by atoms with Crippen molar-refractivity contribution in [3.63, 3.8) is 0 Å². The van der Waals surface area contributed by atoms with E-state index in [9.17, 15) is 4.79 Å². The number of amides is 1. The standard InChI is InChI=1S/C8H14BrNOS/c9-4-3-8(11)10-6-7-2-1-5-12-7/h7H,1-6H2,(H,10,11). The molecule has 2 nitrogen and oxygen atoms in total. The van der Waals surface area contributed by atoms with Crippen molar-refractivity contribution in [2.24, 2.45) is 0 Å². The van der Waals surface area contributed by atoms with Crippen LogP contribution in [0.5, 0.6) is 0 Å². The number of hydrogen-bond donors (Lipinski definition) is 1. The summed E-state index contributed by atoms with van der Waals surface area (Å²) in [5, 5.41) is 4.37. The van der Waals surface area contributed by atoms with Crippen LogP contribution < -0.4 is 5.32 Å². The van der Waals surface area contributed by atoms with Crippen molar-refractivity contribution in [1.29, 1.82) is 0 Å². The van der Waals surface area contributed by atoms with Gasteiger partial charge >= 0.3 is 0 Å². The number of halogens is 1. The summed E-state index contributed by atoms with van der Waals surface area (Å²) in [7, 11) is 0. The van der Waals surface area contributed by atoms with E-state index in [4.69, 9.17) is 0 Å². The van der Waals surface area contributed by atoms with Crippen LogP contribution in [-0.4, -0.2) is 28.8 Å². The topological polar surface area (TPSA) is 29.1 Å². The van der Waals surface area contributed by atoms with Crippen molar-refractivity contribution < 1.29 is 4.79 Å². The highest BCUT2D eigenvalue weighted by Crippen LogP contribution is 2.25. The number of alkyl halides is 1. The van der Waals surface area contributed by atoms with Crippen molar-refractivity contribution in [2.75, 3.05) is 17.6 Å². The van der Waals surface area contributed by atoms with Gasteiger partial charge in [0, 0.05) is 23.5 Å². The Balaban J connectivity index is 2.03. The molecule has 0 saturated carbocycles. The fourth-order valence-electron chi connectivity index (χ4n) is 1.21. The summed E-state index contributed by atoms with van der Waals surface area (Å²) in [6.07, 6.45) is 3.17. The molecule has 0 aromatic heterocycles. The average Bonchev–Trinajstić information content (AvgIpc) is 2.53. The smallest absolute Gasteiger partial charge is 0.220 e. The van der Waals surface area contributed by atoms with E-state index in [2.05, 4.69) is 21.2 Å². The number of rotatable bonds is 4. The molecule has 1 saturated heterocycles. The van der Waals surface area contributed by atoms with Gasteiger partial charge in [-0.2, -0.15) is 11.8 Å². The van der Waals surface area contributed by atoms with E-state index >= 15 is 0 Å². The van der Waals surface area contributed by atoms with Crippen molar-refractivity contribution in [1.82, 2.24) is 5.32 Å². The van der Waals surface area contributed by atoms with Gasteiger partial charge in [-0.3, -0.25) is 4.79 Å². The SMILES string of the molecule is O=C(CCBr)NCC1CCCS1. The summed E-state index contributed by atoms with van der Waals surface area (Å²) in [5.41, 5.74) is 0. The maximum Gasteiger partial charge on any atom is 0.220 e. The third kappa shape index (κ3) is 3.81. The van der Waals surface area contributed by atoms with Crippen LogP contribution in [0.3, 0.4) is 0 Å². The van der Waals surface area contributed by atoms with E-state index in [1.54, 1.807) is 0 Å². The van der Waals surface area contributed by atoms with Crippen LogP contribution in [0.15, 0.2) is 0 Å². The fourth-order valence-corrected chi connectivity index (χ4v) is 2.77. The molecular formula is C8H14BrNOS. The second-order valence-electron chi connectivity index (χ2n) is 2.88. The quantitative estimate of drug-likeness (QED) is 0.773. The number of nitrogens with one attached hydrogen (secondary N) is 1. The zero-order valence-electron chi connectivity index (χ0n) is 7.01. The molecule has 0 spiro atoms. The second-order valence-corrected chi connectivity index (χ2v) is 5.08. The van der Waals surface area contributed by atoms with E-state index in [0.29, 0.717) is 11.7 Å². The number of carbonyl (C=O) groups excluding carboxylic acids is 1. The van der Waals surface area contributed by atoms with Crippen molar-refractivity contribution in [2.45, 2.75) is 24.5 Å². The lowest BCUT2D eigenvalue weighted by Gasteiger charge is -2.08. The van der Waals surface area contributed by atoms with E-state index in [0.717, 1.165) is 11.9 Å². The van der Waals surface area contributed by atoms with Gasteiger partial charge in [0.1, 0.15) is 0 Å².